The molecule has 68 heavy (non-hydrogen) atoms. The van der Waals surface area contributed by atoms with Crippen molar-refractivity contribution in [2.75, 3.05) is 13.2 Å². The van der Waals surface area contributed by atoms with Crippen LogP contribution in [0, 0.1) is 11.8 Å². The number of ketones is 1. The topological polar surface area (TPSA) is 314 Å². The summed E-state index contributed by atoms with van der Waals surface area (Å²) in [6, 6.07) is 0. The number of rotatable bonds is 25. The van der Waals surface area contributed by atoms with Gasteiger partial charge >= 0.3 is 27.6 Å². The fourth-order valence-electron chi connectivity index (χ4n) is 8.07. The van der Waals surface area contributed by atoms with E-state index < -0.39 is 120 Å². The largest absolute Gasteiger partial charge is 0.472 e. The molecule has 0 saturated heterocycles. The first-order valence-electron chi connectivity index (χ1n) is 24.6. The van der Waals surface area contributed by atoms with Crippen molar-refractivity contribution >= 4 is 33.4 Å². The number of fused-ring (bicyclic) bond motifs is 4. The van der Waals surface area contributed by atoms with E-state index in [9.17, 15) is 68.8 Å². The Morgan fingerprint density at radius 2 is 1.47 bits per heavy atom. The van der Waals surface area contributed by atoms with Gasteiger partial charge in [-0.15, -0.1) is 0 Å². The molecule has 1 aliphatic carbocycles. The molecule has 2 aliphatic rings. The van der Waals surface area contributed by atoms with Crippen LogP contribution in [0.15, 0.2) is 36.5 Å². The molecule has 9 N–H and O–H groups in total. The summed E-state index contributed by atoms with van der Waals surface area (Å²) >= 11 is 0. The average molecular weight is 1010 g/mol. The summed E-state index contributed by atoms with van der Waals surface area (Å²) in [6.45, 7) is 2.53. The highest BCUT2D eigenvalue weighted by Gasteiger charge is 2.51. The third kappa shape index (κ3) is 25.8. The van der Waals surface area contributed by atoms with E-state index in [0.717, 1.165) is 76.4 Å². The molecule has 1 saturated carbocycles. The molecule has 0 spiro atoms. The second kappa shape index (κ2) is 34.2. The lowest BCUT2D eigenvalue weighted by atomic mass is 9.84. The number of unbranched alkanes of at least 4 members (excludes halogenated alkanes) is 13. The van der Waals surface area contributed by atoms with E-state index in [1.807, 2.05) is 6.92 Å². The minimum absolute atomic E-state index is 0.0463. The molecule has 394 valence electrons. The summed E-state index contributed by atoms with van der Waals surface area (Å²) < 4.78 is 52.0. The first-order chi connectivity index (χ1) is 32.3. The van der Waals surface area contributed by atoms with Gasteiger partial charge in [0.1, 0.15) is 36.8 Å². The molecule has 12 atom stereocenters. The van der Waals surface area contributed by atoms with Crippen molar-refractivity contribution in [3.8, 4) is 0 Å². The summed E-state index contributed by atoms with van der Waals surface area (Å²) in [6.07, 6.45) is 5.48. The fourth-order valence-corrected chi connectivity index (χ4v) is 9.60. The molecule has 19 nitrogen and oxygen atoms in total. The zero-order valence-electron chi connectivity index (χ0n) is 40.0. The Morgan fingerprint density at radius 3 is 2.12 bits per heavy atom. The summed E-state index contributed by atoms with van der Waals surface area (Å²) in [7, 11) is -11.5. The molecule has 0 aromatic rings. The molecule has 2 bridgehead atoms. The van der Waals surface area contributed by atoms with Crippen LogP contribution in [0.3, 0.4) is 0 Å². The number of phosphoric acid groups is 2. The molecule has 0 aromatic heterocycles. The fraction of sp³-hybridized carbons (Fsp3) is 0.809. The van der Waals surface area contributed by atoms with Gasteiger partial charge in [-0.2, -0.15) is 0 Å². The Labute approximate surface area is 402 Å². The maximum Gasteiger partial charge on any atom is 0.472 e. The second-order valence-electron chi connectivity index (χ2n) is 18.0. The van der Waals surface area contributed by atoms with Crippen LogP contribution >= 0.6 is 15.6 Å². The second-order valence-corrected chi connectivity index (χ2v) is 20.6. The Morgan fingerprint density at radius 1 is 0.853 bits per heavy atom. The van der Waals surface area contributed by atoms with Crippen LogP contribution < -0.4 is 0 Å². The molecule has 0 amide bonds. The maximum atomic E-state index is 13.7. The molecule has 0 radical (unpaired) electrons. The van der Waals surface area contributed by atoms with Gasteiger partial charge in [0.15, 0.2) is 6.10 Å². The number of Topliss-reactive ketones (excluding diaryl/α,β-unsaturated/α-hetero) is 1. The van der Waals surface area contributed by atoms with Gasteiger partial charge in [-0.25, -0.2) is 9.13 Å². The van der Waals surface area contributed by atoms with Gasteiger partial charge < -0.3 is 54.8 Å². The Bertz CT molecular complexity index is 1620. The number of aliphatic hydroxyl groups excluding tert-OH is 6. The van der Waals surface area contributed by atoms with Gasteiger partial charge in [-0.3, -0.25) is 28.0 Å². The van der Waals surface area contributed by atoms with E-state index in [-0.39, 0.29) is 38.5 Å². The van der Waals surface area contributed by atoms with Crippen LogP contribution in [0.4, 0.5) is 0 Å². The highest BCUT2D eigenvalue weighted by Crippen LogP contribution is 2.49. The van der Waals surface area contributed by atoms with E-state index in [4.69, 9.17) is 23.0 Å². The maximum absolute atomic E-state index is 13.7. The van der Waals surface area contributed by atoms with Crippen molar-refractivity contribution in [2.45, 2.75) is 216 Å². The number of carbonyl (C=O) groups excluding carboxylic acids is 3. The van der Waals surface area contributed by atoms with Crippen molar-refractivity contribution in [3.05, 3.63) is 36.5 Å². The van der Waals surface area contributed by atoms with E-state index in [2.05, 4.69) is 19.1 Å². The van der Waals surface area contributed by atoms with Gasteiger partial charge in [-0.05, 0) is 57.8 Å². The molecular weight excluding hydrogens is 930 g/mol. The highest BCUT2D eigenvalue weighted by atomic mass is 31.2. The monoisotopic (exact) mass is 1010 g/mol. The Hall–Kier alpha value is -2.19. The summed E-state index contributed by atoms with van der Waals surface area (Å²) in [5, 5.41) is 68.0. The van der Waals surface area contributed by atoms with Crippen LogP contribution in [0.1, 0.15) is 162 Å². The van der Waals surface area contributed by atoms with Gasteiger partial charge in [0, 0.05) is 31.1 Å². The molecule has 0 aromatic carbocycles. The SMILES string of the molecule is CCCCCC/C=C\CCCCCCCCCC(=O)OC[C@@H]1COP(=O)(O)O[C@H]2[C@H](O)[C@@H](O)[C@H](O)[C@@H](C/C=C\CCCC(=O)O1)C(=O)C[C@@H](O)[C@H](/C=C/[C@@H](O)CCCCC)[C@@H](O)[C@H]2OP(=O)(O)O. The number of phosphoric ester groups is 2. The predicted octanol–water partition coefficient (Wildman–Crippen LogP) is 6.10. The number of cyclic esters (lactones) is 1. The molecule has 2 rings (SSSR count). The third-order valence-corrected chi connectivity index (χ3v) is 13.6. The summed E-state index contributed by atoms with van der Waals surface area (Å²) in [5.41, 5.74) is 0. The number of allylic oxidation sites excluding steroid dienone is 4. The van der Waals surface area contributed by atoms with Crippen LogP contribution in [0.5, 0.6) is 0 Å². The first-order valence-corrected chi connectivity index (χ1v) is 27.7. The van der Waals surface area contributed by atoms with Gasteiger partial charge in [0.25, 0.3) is 0 Å². The lowest BCUT2D eigenvalue weighted by molar-refractivity contribution is -0.165. The molecule has 1 fully saturated rings. The number of ether oxygens (including phenoxy) is 2. The average Bonchev–Trinajstić information content (AvgIpc) is 3.28. The van der Waals surface area contributed by atoms with Crippen LogP contribution in [0.2, 0.25) is 0 Å². The third-order valence-electron chi connectivity index (χ3n) is 12.0. The number of carbonyl (C=O) groups is 3. The van der Waals surface area contributed by atoms with E-state index >= 15 is 0 Å². The molecule has 1 unspecified atom stereocenters. The Balaban J connectivity index is 2.30. The smallest absolute Gasteiger partial charge is 0.462 e. The summed E-state index contributed by atoms with van der Waals surface area (Å²) in [4.78, 5) is 70.3. The molecule has 21 heteroatoms. The van der Waals surface area contributed by atoms with Crippen LogP contribution in [-0.4, -0.2) is 131 Å². The number of hydrogen-bond acceptors (Lipinski definition) is 16. The minimum atomic E-state index is -5.78. The van der Waals surface area contributed by atoms with Crippen LogP contribution in [0.25, 0.3) is 0 Å². The van der Waals surface area contributed by atoms with Crippen molar-refractivity contribution in [3.63, 3.8) is 0 Å². The van der Waals surface area contributed by atoms with Crippen molar-refractivity contribution in [2.24, 2.45) is 11.8 Å². The minimum Gasteiger partial charge on any atom is -0.462 e. The Kier molecular flexibility index (Phi) is 31.2. The number of esters is 2. The van der Waals surface area contributed by atoms with Crippen LogP contribution in [-0.2, 0) is 46.6 Å². The molecule has 1 heterocycles. The molecular formula is C47H82O19P2. The molecule has 1 aliphatic heterocycles. The number of aliphatic hydroxyl groups is 6. The quantitative estimate of drug-likeness (QED) is 0.0216. The summed E-state index contributed by atoms with van der Waals surface area (Å²) in [5.74, 6) is -5.66. The van der Waals surface area contributed by atoms with E-state index in [0.29, 0.717) is 12.8 Å². The van der Waals surface area contributed by atoms with Crippen molar-refractivity contribution in [1.82, 2.24) is 0 Å². The predicted molar refractivity (Wildman–Crippen MR) is 251 cm³/mol. The zero-order chi connectivity index (χ0) is 50.5. The van der Waals surface area contributed by atoms with Gasteiger partial charge in [0.2, 0.25) is 0 Å². The van der Waals surface area contributed by atoms with Crippen molar-refractivity contribution < 1.29 is 91.9 Å². The number of hydrogen-bond donors (Lipinski definition) is 9. The van der Waals surface area contributed by atoms with Crippen molar-refractivity contribution in [1.29, 1.82) is 0 Å². The van der Waals surface area contributed by atoms with E-state index in [1.165, 1.54) is 31.8 Å². The van der Waals surface area contributed by atoms with E-state index in [1.54, 1.807) is 6.08 Å². The van der Waals surface area contributed by atoms with Gasteiger partial charge in [0.05, 0.1) is 31.0 Å². The lowest BCUT2D eigenvalue weighted by Crippen LogP contribution is -2.56. The normalized spacial score (nSPS) is 30.8. The first kappa shape index (κ1) is 61.9. The standard InChI is InChI=1S/C47H82O19P2/c1-3-5-7-8-9-10-11-12-13-14-15-16-17-18-23-27-40(51)62-32-35-33-63-68(60,61)66-47-45(56)44(55)42(53)36(26-22-19-20-24-28-41(52)64-35)38(49)31-39(50)37(30-29-34(48)25-21-6-4-2)43(54)46(47)65-67(57,58)59/h10-11,19,22,29-30,34-37,39,42-48,50,53-56H,3-9,12-18,20-21,23-28,31-33H2,1-2H3,(H,60,61)(H2,57,58,59)/b11-10-,22-19-,30-29+/t34-,35+,36-,37-,39+,42+,43+,44-,45+,46+,47-/m0/s1. The van der Waals surface area contributed by atoms with Gasteiger partial charge in [-0.1, -0.05) is 121 Å². The lowest BCUT2D eigenvalue weighted by Gasteiger charge is -2.38. The highest BCUT2D eigenvalue weighted by molar-refractivity contribution is 7.47. The zero-order valence-corrected chi connectivity index (χ0v) is 41.8.